The van der Waals surface area contributed by atoms with Crippen molar-refractivity contribution in [2.45, 2.75) is 26.8 Å². The highest BCUT2D eigenvalue weighted by Crippen LogP contribution is 2.20. The van der Waals surface area contributed by atoms with Gasteiger partial charge in [0.1, 0.15) is 0 Å². The molecular weight excluding hydrogens is 266 g/mol. The minimum Gasteiger partial charge on any atom is -0.325 e. The fraction of sp³-hybridized carbons (Fsp3) is 0.417. The first-order chi connectivity index (χ1) is 8.75. The van der Waals surface area contributed by atoms with Crippen LogP contribution in [-0.2, 0) is 14.8 Å². The first-order valence-corrected chi connectivity index (χ1v) is 7.58. The molecule has 0 aromatic heterocycles. The van der Waals surface area contributed by atoms with Crippen LogP contribution in [0.25, 0.3) is 0 Å². The summed E-state index contributed by atoms with van der Waals surface area (Å²) in [7, 11) is -3.30. The number of amides is 1. The number of hydrogen-bond acceptors (Lipinski definition) is 4. The summed E-state index contributed by atoms with van der Waals surface area (Å²) in [6.07, 6.45) is 0. The highest BCUT2D eigenvalue weighted by atomic mass is 32.2. The van der Waals surface area contributed by atoms with Crippen LogP contribution in [0.15, 0.2) is 18.2 Å². The molecule has 19 heavy (non-hydrogen) atoms. The van der Waals surface area contributed by atoms with Crippen LogP contribution < -0.4 is 15.8 Å². The van der Waals surface area contributed by atoms with Gasteiger partial charge in [0.25, 0.3) is 0 Å². The lowest BCUT2D eigenvalue weighted by molar-refractivity contribution is -0.117. The first-order valence-electron chi connectivity index (χ1n) is 5.92. The second-order valence-corrected chi connectivity index (χ2v) is 6.32. The van der Waals surface area contributed by atoms with E-state index in [-0.39, 0.29) is 11.7 Å². The number of carbonyl (C=O) groups excluding carboxylic acids is 1. The standard InChI is InChI=1S/C12H19N3O3S/c1-4-19(17,18)15-11-6-5-10(7-8(11)2)14-12(16)9(3)13/h5-7,9,15H,4,13H2,1-3H3,(H,14,16)/t9-/m1/s1. The SMILES string of the molecule is CCS(=O)(=O)Nc1ccc(NC(=O)[C@@H](C)N)cc1C. The van der Waals surface area contributed by atoms with Crippen LogP contribution >= 0.6 is 0 Å². The van der Waals surface area contributed by atoms with Crippen LogP contribution in [0.2, 0.25) is 0 Å². The molecular formula is C12H19N3O3S. The van der Waals surface area contributed by atoms with E-state index in [0.29, 0.717) is 11.4 Å². The Morgan fingerprint density at radius 2 is 2.05 bits per heavy atom. The van der Waals surface area contributed by atoms with Crippen molar-refractivity contribution in [3.63, 3.8) is 0 Å². The average molecular weight is 285 g/mol. The molecule has 0 unspecified atom stereocenters. The molecule has 1 aromatic rings. The normalized spacial score (nSPS) is 12.8. The van der Waals surface area contributed by atoms with Crippen LogP contribution in [0.5, 0.6) is 0 Å². The maximum absolute atomic E-state index is 11.5. The van der Waals surface area contributed by atoms with E-state index in [1.807, 2.05) is 0 Å². The van der Waals surface area contributed by atoms with Gasteiger partial charge in [-0.2, -0.15) is 0 Å². The number of aryl methyl sites for hydroxylation is 1. The number of sulfonamides is 1. The smallest absolute Gasteiger partial charge is 0.240 e. The minimum absolute atomic E-state index is 0.00954. The number of anilines is 2. The van der Waals surface area contributed by atoms with Gasteiger partial charge in [-0.05, 0) is 44.5 Å². The van der Waals surface area contributed by atoms with Crippen molar-refractivity contribution >= 4 is 27.3 Å². The van der Waals surface area contributed by atoms with Gasteiger partial charge in [0.15, 0.2) is 0 Å². The molecule has 4 N–H and O–H groups in total. The molecule has 1 atom stereocenters. The van der Waals surface area contributed by atoms with Crippen molar-refractivity contribution in [2.75, 3.05) is 15.8 Å². The molecule has 0 saturated heterocycles. The van der Waals surface area contributed by atoms with E-state index in [2.05, 4.69) is 10.0 Å². The average Bonchev–Trinajstić information content (AvgIpc) is 2.32. The molecule has 0 radical (unpaired) electrons. The number of nitrogens with one attached hydrogen (secondary N) is 2. The zero-order valence-corrected chi connectivity index (χ0v) is 12.0. The molecule has 0 saturated carbocycles. The molecule has 1 amide bonds. The summed E-state index contributed by atoms with van der Waals surface area (Å²) in [5, 5.41) is 2.65. The Hall–Kier alpha value is -1.60. The van der Waals surface area contributed by atoms with Gasteiger partial charge in [-0.3, -0.25) is 9.52 Å². The van der Waals surface area contributed by atoms with Crippen molar-refractivity contribution < 1.29 is 13.2 Å². The van der Waals surface area contributed by atoms with E-state index in [1.54, 1.807) is 39.0 Å². The molecule has 106 valence electrons. The third-order valence-electron chi connectivity index (χ3n) is 2.55. The summed E-state index contributed by atoms with van der Waals surface area (Å²) in [4.78, 5) is 11.4. The molecule has 0 aliphatic rings. The third-order valence-corrected chi connectivity index (χ3v) is 3.84. The van der Waals surface area contributed by atoms with E-state index in [9.17, 15) is 13.2 Å². The van der Waals surface area contributed by atoms with Crippen molar-refractivity contribution in [2.24, 2.45) is 5.73 Å². The summed E-state index contributed by atoms with van der Waals surface area (Å²) >= 11 is 0. The predicted octanol–water partition coefficient (Wildman–Crippen LogP) is 1.04. The van der Waals surface area contributed by atoms with Crippen LogP contribution in [0.4, 0.5) is 11.4 Å². The van der Waals surface area contributed by atoms with Crippen LogP contribution in [-0.4, -0.2) is 26.1 Å². The van der Waals surface area contributed by atoms with Crippen molar-refractivity contribution in [3.05, 3.63) is 23.8 Å². The summed E-state index contributed by atoms with van der Waals surface area (Å²) in [6, 6.07) is 4.33. The fourth-order valence-electron chi connectivity index (χ4n) is 1.35. The molecule has 0 fully saturated rings. The lowest BCUT2D eigenvalue weighted by atomic mass is 10.2. The number of hydrogen-bond donors (Lipinski definition) is 3. The second kappa shape index (κ2) is 6.03. The monoisotopic (exact) mass is 285 g/mol. The zero-order chi connectivity index (χ0) is 14.6. The fourth-order valence-corrected chi connectivity index (χ4v) is 2.06. The van der Waals surface area contributed by atoms with Crippen molar-refractivity contribution in [1.29, 1.82) is 0 Å². The molecule has 6 nitrogen and oxygen atoms in total. The lowest BCUT2D eigenvalue weighted by Gasteiger charge is -2.12. The quantitative estimate of drug-likeness (QED) is 0.752. The number of benzene rings is 1. The first kappa shape index (κ1) is 15.5. The summed E-state index contributed by atoms with van der Waals surface area (Å²) in [5.41, 5.74) is 7.25. The molecule has 7 heteroatoms. The van der Waals surface area contributed by atoms with Gasteiger partial charge in [0.2, 0.25) is 15.9 Å². The maximum atomic E-state index is 11.5. The second-order valence-electron chi connectivity index (χ2n) is 4.31. The van der Waals surface area contributed by atoms with Gasteiger partial charge in [0.05, 0.1) is 17.5 Å². The lowest BCUT2D eigenvalue weighted by Crippen LogP contribution is -2.32. The molecule has 0 spiro atoms. The van der Waals surface area contributed by atoms with Gasteiger partial charge in [-0.15, -0.1) is 0 Å². The van der Waals surface area contributed by atoms with Crippen molar-refractivity contribution in [3.8, 4) is 0 Å². The van der Waals surface area contributed by atoms with Crippen molar-refractivity contribution in [1.82, 2.24) is 0 Å². The summed E-state index contributed by atoms with van der Waals surface area (Å²) < 4.78 is 25.4. The number of carbonyl (C=O) groups is 1. The Balaban J connectivity index is 2.89. The number of nitrogens with two attached hydrogens (primary N) is 1. The third kappa shape index (κ3) is 4.53. The predicted molar refractivity (Wildman–Crippen MR) is 76.5 cm³/mol. The van der Waals surface area contributed by atoms with E-state index in [0.717, 1.165) is 5.56 Å². The molecule has 1 rings (SSSR count). The van der Waals surface area contributed by atoms with Gasteiger partial charge >= 0.3 is 0 Å². The molecule has 0 aliphatic heterocycles. The molecule has 0 bridgehead atoms. The number of rotatable bonds is 5. The van der Waals surface area contributed by atoms with Gasteiger partial charge in [0, 0.05) is 5.69 Å². The molecule has 0 aliphatic carbocycles. The van der Waals surface area contributed by atoms with E-state index < -0.39 is 16.1 Å². The highest BCUT2D eigenvalue weighted by molar-refractivity contribution is 7.92. The molecule has 0 heterocycles. The Bertz CT molecular complexity index is 568. The highest BCUT2D eigenvalue weighted by Gasteiger charge is 2.11. The van der Waals surface area contributed by atoms with Gasteiger partial charge in [-0.25, -0.2) is 8.42 Å². The van der Waals surface area contributed by atoms with E-state index >= 15 is 0 Å². The Kier molecular flexibility index (Phi) is 4.90. The summed E-state index contributed by atoms with van der Waals surface area (Å²) in [6.45, 7) is 4.91. The Morgan fingerprint density at radius 1 is 1.42 bits per heavy atom. The minimum atomic E-state index is -3.30. The van der Waals surface area contributed by atoms with E-state index in [4.69, 9.17) is 5.73 Å². The van der Waals surface area contributed by atoms with Gasteiger partial charge in [-0.1, -0.05) is 0 Å². The summed E-state index contributed by atoms with van der Waals surface area (Å²) in [5.74, 6) is -0.281. The topological polar surface area (TPSA) is 101 Å². The largest absolute Gasteiger partial charge is 0.325 e. The Labute approximate surface area is 113 Å². The van der Waals surface area contributed by atoms with Crippen LogP contribution in [0.3, 0.4) is 0 Å². The van der Waals surface area contributed by atoms with Crippen LogP contribution in [0, 0.1) is 6.92 Å². The van der Waals surface area contributed by atoms with Gasteiger partial charge < -0.3 is 11.1 Å². The van der Waals surface area contributed by atoms with Crippen LogP contribution in [0.1, 0.15) is 19.4 Å². The molecule has 1 aromatic carbocycles. The Morgan fingerprint density at radius 3 is 2.53 bits per heavy atom. The van der Waals surface area contributed by atoms with E-state index in [1.165, 1.54) is 0 Å². The zero-order valence-electron chi connectivity index (χ0n) is 11.2. The maximum Gasteiger partial charge on any atom is 0.240 e.